The number of ether oxygens (including phenoxy) is 2. The van der Waals surface area contributed by atoms with Crippen LogP contribution in [0.1, 0.15) is 34.8 Å². The minimum absolute atomic E-state index is 0.0820. The van der Waals surface area contributed by atoms with Gasteiger partial charge in [-0.1, -0.05) is 0 Å². The van der Waals surface area contributed by atoms with Crippen molar-refractivity contribution in [3.8, 4) is 0 Å². The predicted octanol–water partition coefficient (Wildman–Crippen LogP) is 0.293. The Morgan fingerprint density at radius 1 is 1.61 bits per heavy atom. The number of hydrogen-bond donors (Lipinski definition) is 3. The highest BCUT2D eigenvalue weighted by molar-refractivity contribution is 5.91. The van der Waals surface area contributed by atoms with Crippen molar-refractivity contribution in [2.24, 2.45) is 0 Å². The van der Waals surface area contributed by atoms with Gasteiger partial charge in [-0.3, -0.25) is 0 Å². The summed E-state index contributed by atoms with van der Waals surface area (Å²) in [5, 5.41) is 19.2. The number of aliphatic hydroxyl groups is 2. The first-order valence-electron chi connectivity index (χ1n) is 5.89. The molecule has 3 atom stereocenters. The molecule has 0 radical (unpaired) electrons. The summed E-state index contributed by atoms with van der Waals surface area (Å²) < 4.78 is 10.2. The lowest BCUT2D eigenvalue weighted by Gasteiger charge is -2.12. The van der Waals surface area contributed by atoms with Crippen LogP contribution in [0.3, 0.4) is 0 Å². The molecule has 0 saturated carbocycles. The van der Waals surface area contributed by atoms with Crippen molar-refractivity contribution in [1.29, 1.82) is 0 Å². The number of nitrogens with one attached hydrogen (secondary N) is 1. The van der Waals surface area contributed by atoms with Crippen molar-refractivity contribution < 1.29 is 24.5 Å². The third-order valence-corrected chi connectivity index (χ3v) is 2.99. The largest absolute Gasteiger partial charge is 0.462 e. The Kier molecular flexibility index (Phi) is 3.70. The Labute approximate surface area is 105 Å². The second-order valence-corrected chi connectivity index (χ2v) is 4.30. The number of aromatic nitrogens is 1. The minimum atomic E-state index is -0.988. The maximum atomic E-state index is 11.6. The van der Waals surface area contributed by atoms with E-state index in [4.69, 9.17) is 9.47 Å². The van der Waals surface area contributed by atoms with Crippen molar-refractivity contribution in [3.05, 3.63) is 23.0 Å². The Balaban J connectivity index is 2.21. The van der Waals surface area contributed by atoms with Crippen molar-refractivity contribution in [2.45, 2.75) is 32.2 Å². The number of aromatic amines is 1. The molecule has 6 heteroatoms. The molecular formula is C12H17NO5. The van der Waals surface area contributed by atoms with Gasteiger partial charge in [-0.25, -0.2) is 4.79 Å². The van der Waals surface area contributed by atoms with Gasteiger partial charge in [0.1, 0.15) is 18.3 Å². The molecule has 1 aliphatic heterocycles. The molecule has 0 bridgehead atoms. The third-order valence-electron chi connectivity index (χ3n) is 2.99. The molecule has 2 rings (SSSR count). The molecule has 6 nitrogen and oxygen atoms in total. The average molecular weight is 255 g/mol. The van der Waals surface area contributed by atoms with Gasteiger partial charge in [0, 0.05) is 11.4 Å². The zero-order valence-electron chi connectivity index (χ0n) is 10.3. The summed E-state index contributed by atoms with van der Waals surface area (Å²) in [6, 6.07) is 1.60. The van der Waals surface area contributed by atoms with Crippen LogP contribution < -0.4 is 0 Å². The highest BCUT2D eigenvalue weighted by Gasteiger charge is 2.37. The van der Waals surface area contributed by atoms with Crippen LogP contribution in [0.15, 0.2) is 6.07 Å². The summed E-state index contributed by atoms with van der Waals surface area (Å²) in [5.41, 5.74) is 1.64. The van der Waals surface area contributed by atoms with Gasteiger partial charge in [-0.05, 0) is 19.9 Å². The molecule has 0 aliphatic carbocycles. The lowest BCUT2D eigenvalue weighted by Crippen LogP contribution is -2.25. The zero-order chi connectivity index (χ0) is 13.3. The Bertz CT molecular complexity index is 442. The third kappa shape index (κ3) is 2.27. The van der Waals surface area contributed by atoms with Gasteiger partial charge in [0.2, 0.25) is 0 Å². The maximum absolute atomic E-state index is 11.6. The van der Waals surface area contributed by atoms with Crippen molar-refractivity contribution in [3.63, 3.8) is 0 Å². The molecule has 1 aliphatic rings. The van der Waals surface area contributed by atoms with Crippen LogP contribution in [0.2, 0.25) is 0 Å². The molecule has 1 saturated heterocycles. The molecule has 100 valence electrons. The van der Waals surface area contributed by atoms with Crippen LogP contribution >= 0.6 is 0 Å². The molecule has 1 aromatic rings. The summed E-state index contributed by atoms with van der Waals surface area (Å²) >= 11 is 0. The molecule has 3 N–H and O–H groups in total. The summed E-state index contributed by atoms with van der Waals surface area (Å²) in [6.07, 6.45) is -2.52. The fourth-order valence-electron chi connectivity index (χ4n) is 2.03. The summed E-state index contributed by atoms with van der Waals surface area (Å²) in [5.74, 6) is -0.412. The molecule has 0 spiro atoms. The number of esters is 1. The molecule has 1 fully saturated rings. The van der Waals surface area contributed by atoms with Gasteiger partial charge in [0.05, 0.1) is 18.8 Å². The Morgan fingerprint density at radius 3 is 2.89 bits per heavy atom. The van der Waals surface area contributed by atoms with E-state index in [9.17, 15) is 15.0 Å². The fourth-order valence-corrected chi connectivity index (χ4v) is 2.03. The number of carbonyl (C=O) groups excluding carboxylic acids is 1. The van der Waals surface area contributed by atoms with Crippen LogP contribution in [0, 0.1) is 6.92 Å². The van der Waals surface area contributed by atoms with Gasteiger partial charge in [0.15, 0.2) is 0 Å². The predicted molar refractivity (Wildman–Crippen MR) is 62.2 cm³/mol. The number of aliphatic hydroxyl groups excluding tert-OH is 2. The van der Waals surface area contributed by atoms with Gasteiger partial charge in [-0.15, -0.1) is 0 Å². The molecule has 1 aromatic heterocycles. The van der Waals surface area contributed by atoms with Gasteiger partial charge < -0.3 is 24.7 Å². The van der Waals surface area contributed by atoms with Crippen molar-refractivity contribution in [2.75, 3.05) is 13.2 Å². The van der Waals surface area contributed by atoms with E-state index >= 15 is 0 Å². The summed E-state index contributed by atoms with van der Waals surface area (Å²) in [4.78, 5) is 14.6. The Hall–Kier alpha value is -1.37. The minimum Gasteiger partial charge on any atom is -0.462 e. The second kappa shape index (κ2) is 5.09. The fraction of sp³-hybridized carbons (Fsp3) is 0.583. The number of carbonyl (C=O) groups is 1. The topological polar surface area (TPSA) is 91.8 Å². The highest BCUT2D eigenvalue weighted by atomic mass is 16.5. The van der Waals surface area contributed by atoms with E-state index in [1.807, 2.05) is 0 Å². The smallest absolute Gasteiger partial charge is 0.339 e. The SMILES string of the molecule is CCOC(=O)c1cc([C@H]2OC[C@@H](O)[C@@H]2O)[nH]c1C. The number of hydrogen-bond acceptors (Lipinski definition) is 5. The molecule has 2 heterocycles. The number of H-pyrrole nitrogens is 1. The van der Waals surface area contributed by atoms with Gasteiger partial charge >= 0.3 is 5.97 Å². The van der Waals surface area contributed by atoms with Gasteiger partial charge in [0.25, 0.3) is 0 Å². The van der Waals surface area contributed by atoms with E-state index in [2.05, 4.69) is 4.98 Å². The molecular weight excluding hydrogens is 238 g/mol. The normalized spacial score (nSPS) is 27.4. The van der Waals surface area contributed by atoms with Crippen LogP contribution in [0.25, 0.3) is 0 Å². The van der Waals surface area contributed by atoms with Crippen LogP contribution in [-0.2, 0) is 9.47 Å². The van der Waals surface area contributed by atoms with Crippen LogP contribution in [0.4, 0.5) is 0 Å². The first-order valence-corrected chi connectivity index (χ1v) is 5.89. The summed E-state index contributed by atoms with van der Waals surface area (Å²) in [6.45, 7) is 3.87. The number of aryl methyl sites for hydroxylation is 1. The quantitative estimate of drug-likeness (QED) is 0.675. The van der Waals surface area contributed by atoms with E-state index in [0.717, 1.165) is 0 Å². The molecule has 0 aromatic carbocycles. The molecule has 18 heavy (non-hydrogen) atoms. The standard InChI is InChI=1S/C12H17NO5/c1-3-17-12(16)7-4-8(13-6(7)2)11-10(15)9(14)5-18-11/h4,9-11,13-15H,3,5H2,1-2H3/t9-,10+,11-/m1/s1. The molecule has 0 amide bonds. The summed E-state index contributed by atoms with van der Waals surface area (Å²) in [7, 11) is 0. The molecule has 0 unspecified atom stereocenters. The van der Waals surface area contributed by atoms with Crippen LogP contribution in [-0.4, -0.2) is 46.6 Å². The van der Waals surface area contributed by atoms with Gasteiger partial charge in [-0.2, -0.15) is 0 Å². The van der Waals surface area contributed by atoms with Crippen molar-refractivity contribution in [1.82, 2.24) is 4.98 Å². The lowest BCUT2D eigenvalue weighted by atomic mass is 10.1. The first-order chi connectivity index (χ1) is 8.54. The Morgan fingerprint density at radius 2 is 2.33 bits per heavy atom. The average Bonchev–Trinajstić information content (AvgIpc) is 2.85. The highest BCUT2D eigenvalue weighted by Crippen LogP contribution is 2.30. The number of rotatable bonds is 3. The van der Waals surface area contributed by atoms with E-state index < -0.39 is 24.3 Å². The lowest BCUT2D eigenvalue weighted by molar-refractivity contribution is 0.0207. The van der Waals surface area contributed by atoms with E-state index in [1.54, 1.807) is 19.9 Å². The first kappa shape index (κ1) is 13.1. The van der Waals surface area contributed by atoms with E-state index in [0.29, 0.717) is 23.6 Å². The maximum Gasteiger partial charge on any atom is 0.339 e. The van der Waals surface area contributed by atoms with E-state index in [1.165, 1.54) is 0 Å². The second-order valence-electron chi connectivity index (χ2n) is 4.30. The van der Waals surface area contributed by atoms with E-state index in [-0.39, 0.29) is 6.61 Å². The zero-order valence-corrected chi connectivity index (χ0v) is 10.3. The monoisotopic (exact) mass is 255 g/mol. The van der Waals surface area contributed by atoms with Crippen LogP contribution in [0.5, 0.6) is 0 Å². The van der Waals surface area contributed by atoms with Crippen molar-refractivity contribution >= 4 is 5.97 Å².